The topological polar surface area (TPSA) is 24.1 Å². The fourth-order valence-corrected chi connectivity index (χ4v) is 1.13. The maximum atomic E-state index is 5.11. The van der Waals surface area contributed by atoms with Gasteiger partial charge in [-0.3, -0.25) is 0 Å². The van der Waals surface area contributed by atoms with Crippen LogP contribution in [0.5, 0.6) is 0 Å². The highest BCUT2D eigenvalue weighted by Gasteiger charge is 2.21. The molecule has 1 atom stereocenters. The van der Waals surface area contributed by atoms with Crippen molar-refractivity contribution in [2.45, 2.75) is 39.2 Å². The minimum absolute atomic E-state index is 0.668. The molecule has 1 rings (SSSR count). The summed E-state index contributed by atoms with van der Waals surface area (Å²) in [5.41, 5.74) is 0. The second kappa shape index (κ2) is 4.65. The molecule has 0 saturated heterocycles. The summed E-state index contributed by atoms with van der Waals surface area (Å²) in [6, 6.07) is 0.668. The van der Waals surface area contributed by atoms with Crippen LogP contribution in [0.3, 0.4) is 0 Å². The molecule has 0 heterocycles. The molecule has 1 aliphatic rings. The molecule has 0 aromatic carbocycles. The highest BCUT2D eigenvalue weighted by Crippen LogP contribution is 2.18. The van der Waals surface area contributed by atoms with Gasteiger partial charge in [0.05, 0.1) is 0 Å². The van der Waals surface area contributed by atoms with Crippen molar-refractivity contribution in [3.8, 4) is 0 Å². The van der Waals surface area contributed by atoms with E-state index in [9.17, 15) is 0 Å². The van der Waals surface area contributed by atoms with Gasteiger partial charge in [0, 0.05) is 12.6 Å². The van der Waals surface area contributed by atoms with Gasteiger partial charge < -0.3 is 10.6 Å². The molecule has 0 bridgehead atoms. The second-order valence-corrected chi connectivity index (χ2v) is 4.05. The van der Waals surface area contributed by atoms with E-state index in [1.54, 1.807) is 0 Å². The van der Waals surface area contributed by atoms with Crippen LogP contribution in [0.2, 0.25) is 0 Å². The summed E-state index contributed by atoms with van der Waals surface area (Å²) >= 11 is 5.11. The first-order valence-electron chi connectivity index (χ1n) is 4.76. The highest BCUT2D eigenvalue weighted by atomic mass is 32.1. The molecule has 1 aliphatic carbocycles. The van der Waals surface area contributed by atoms with Crippen molar-refractivity contribution in [2.75, 3.05) is 6.54 Å². The molecule has 0 spiro atoms. The third kappa shape index (κ3) is 3.90. The Bertz CT molecular complexity index is 155. The van der Waals surface area contributed by atoms with Gasteiger partial charge in [-0.25, -0.2) is 0 Å². The minimum atomic E-state index is 0.668. The summed E-state index contributed by atoms with van der Waals surface area (Å²) in [6.45, 7) is 5.42. The van der Waals surface area contributed by atoms with Gasteiger partial charge in [-0.15, -0.1) is 0 Å². The normalized spacial score (nSPS) is 18.5. The lowest BCUT2D eigenvalue weighted by molar-refractivity contribution is 0.546. The van der Waals surface area contributed by atoms with Crippen molar-refractivity contribution in [2.24, 2.45) is 5.92 Å². The second-order valence-electron chi connectivity index (χ2n) is 3.64. The molecule has 1 fully saturated rings. The van der Waals surface area contributed by atoms with Crippen LogP contribution in [0, 0.1) is 5.92 Å². The van der Waals surface area contributed by atoms with Crippen molar-refractivity contribution in [3.05, 3.63) is 0 Å². The lowest BCUT2D eigenvalue weighted by Gasteiger charge is -2.12. The van der Waals surface area contributed by atoms with Gasteiger partial charge in [0.15, 0.2) is 5.11 Å². The van der Waals surface area contributed by atoms with Crippen LogP contribution in [-0.2, 0) is 0 Å². The standard InChI is InChI=1S/C9H18N2S/c1-3-7(2)6-10-9(12)11-8-4-5-8/h7-8H,3-6H2,1-2H3,(H2,10,11,12)/t7-/m1/s1. The predicted molar refractivity (Wildman–Crippen MR) is 56.2 cm³/mol. The number of rotatable bonds is 4. The van der Waals surface area contributed by atoms with Gasteiger partial charge >= 0.3 is 0 Å². The Morgan fingerprint density at radius 3 is 2.75 bits per heavy atom. The zero-order valence-corrected chi connectivity index (χ0v) is 8.71. The van der Waals surface area contributed by atoms with Crippen molar-refractivity contribution in [1.82, 2.24) is 10.6 Å². The Hall–Kier alpha value is -0.310. The number of thiocarbonyl (C=S) groups is 1. The quantitative estimate of drug-likeness (QED) is 0.653. The van der Waals surface area contributed by atoms with E-state index in [-0.39, 0.29) is 0 Å². The maximum Gasteiger partial charge on any atom is 0.166 e. The summed E-state index contributed by atoms with van der Waals surface area (Å²) in [7, 11) is 0. The third-order valence-corrected chi connectivity index (χ3v) is 2.48. The summed E-state index contributed by atoms with van der Waals surface area (Å²) in [5, 5.41) is 7.31. The Morgan fingerprint density at radius 1 is 1.58 bits per heavy atom. The average Bonchev–Trinajstić information content (AvgIpc) is 2.84. The first-order valence-corrected chi connectivity index (χ1v) is 5.17. The van der Waals surface area contributed by atoms with Gasteiger partial charge in [0.2, 0.25) is 0 Å². The molecule has 12 heavy (non-hydrogen) atoms. The van der Waals surface area contributed by atoms with E-state index in [0.717, 1.165) is 11.7 Å². The van der Waals surface area contributed by atoms with Crippen LogP contribution in [0.4, 0.5) is 0 Å². The first kappa shape index (κ1) is 9.78. The van der Waals surface area contributed by atoms with E-state index < -0.39 is 0 Å². The van der Waals surface area contributed by atoms with Crippen molar-refractivity contribution in [1.29, 1.82) is 0 Å². The van der Waals surface area contributed by atoms with E-state index >= 15 is 0 Å². The summed E-state index contributed by atoms with van der Waals surface area (Å²) in [4.78, 5) is 0. The molecule has 2 nitrogen and oxygen atoms in total. The predicted octanol–water partition coefficient (Wildman–Crippen LogP) is 1.66. The van der Waals surface area contributed by atoms with E-state index in [1.165, 1.54) is 19.3 Å². The minimum Gasteiger partial charge on any atom is -0.362 e. The monoisotopic (exact) mass is 186 g/mol. The third-order valence-electron chi connectivity index (χ3n) is 2.22. The van der Waals surface area contributed by atoms with E-state index in [2.05, 4.69) is 24.5 Å². The van der Waals surface area contributed by atoms with Gasteiger partial charge in [0.25, 0.3) is 0 Å². The van der Waals surface area contributed by atoms with Crippen LogP contribution in [0.25, 0.3) is 0 Å². The lowest BCUT2D eigenvalue weighted by Crippen LogP contribution is -2.38. The molecule has 3 heteroatoms. The molecular formula is C9H18N2S. The van der Waals surface area contributed by atoms with Crippen molar-refractivity contribution < 1.29 is 0 Å². The SMILES string of the molecule is CC[C@@H](C)CNC(=S)NC1CC1. The van der Waals surface area contributed by atoms with Gasteiger partial charge in [-0.2, -0.15) is 0 Å². The molecule has 1 saturated carbocycles. The molecule has 0 radical (unpaired) electrons. The first-order chi connectivity index (χ1) is 5.72. The average molecular weight is 186 g/mol. The van der Waals surface area contributed by atoms with E-state index in [1.807, 2.05) is 0 Å². The fourth-order valence-electron chi connectivity index (χ4n) is 0.875. The molecule has 0 amide bonds. The van der Waals surface area contributed by atoms with Gasteiger partial charge in [-0.1, -0.05) is 20.3 Å². The van der Waals surface area contributed by atoms with E-state index in [4.69, 9.17) is 12.2 Å². The summed E-state index contributed by atoms with van der Waals surface area (Å²) in [5.74, 6) is 0.712. The van der Waals surface area contributed by atoms with Crippen molar-refractivity contribution >= 4 is 17.3 Å². The van der Waals surface area contributed by atoms with Crippen LogP contribution in [0.15, 0.2) is 0 Å². The zero-order valence-electron chi connectivity index (χ0n) is 7.89. The Labute approximate surface area is 80.1 Å². The largest absolute Gasteiger partial charge is 0.362 e. The molecule has 70 valence electrons. The molecule has 0 aromatic heterocycles. The number of hydrogen-bond acceptors (Lipinski definition) is 1. The summed E-state index contributed by atoms with van der Waals surface area (Å²) < 4.78 is 0. The van der Waals surface area contributed by atoms with Gasteiger partial charge in [0.1, 0.15) is 0 Å². The van der Waals surface area contributed by atoms with Crippen LogP contribution in [0.1, 0.15) is 33.1 Å². The summed E-state index contributed by atoms with van der Waals surface area (Å²) in [6.07, 6.45) is 3.77. The molecule has 0 aromatic rings. The molecule has 0 aliphatic heterocycles. The van der Waals surface area contributed by atoms with Crippen LogP contribution in [-0.4, -0.2) is 17.7 Å². The fraction of sp³-hybridized carbons (Fsp3) is 0.889. The van der Waals surface area contributed by atoms with Crippen molar-refractivity contribution in [3.63, 3.8) is 0 Å². The molecule has 2 N–H and O–H groups in total. The highest BCUT2D eigenvalue weighted by molar-refractivity contribution is 7.80. The molecular weight excluding hydrogens is 168 g/mol. The maximum absolute atomic E-state index is 5.11. The number of hydrogen-bond donors (Lipinski definition) is 2. The number of nitrogens with one attached hydrogen (secondary N) is 2. The Morgan fingerprint density at radius 2 is 2.25 bits per heavy atom. The molecule has 0 unspecified atom stereocenters. The van der Waals surface area contributed by atoms with Gasteiger partial charge in [-0.05, 0) is 31.0 Å². The van der Waals surface area contributed by atoms with E-state index in [0.29, 0.717) is 12.0 Å². The van der Waals surface area contributed by atoms with Crippen LogP contribution < -0.4 is 10.6 Å². The Kier molecular flexibility index (Phi) is 3.79. The smallest absolute Gasteiger partial charge is 0.166 e. The lowest BCUT2D eigenvalue weighted by atomic mass is 10.1. The van der Waals surface area contributed by atoms with Crippen LogP contribution >= 0.6 is 12.2 Å². The zero-order chi connectivity index (χ0) is 8.97. The Balaban J connectivity index is 2.00.